The summed E-state index contributed by atoms with van der Waals surface area (Å²) in [5.74, 6) is -0.522. The van der Waals surface area contributed by atoms with Gasteiger partial charge in [0.2, 0.25) is 0 Å². The lowest BCUT2D eigenvalue weighted by molar-refractivity contribution is 0.599. The number of anilines is 1. The summed E-state index contributed by atoms with van der Waals surface area (Å²) in [6, 6.07) is 5.05. The Hall–Kier alpha value is -1.15. The van der Waals surface area contributed by atoms with E-state index < -0.39 is 15.8 Å². The van der Waals surface area contributed by atoms with Crippen molar-refractivity contribution in [3.63, 3.8) is 0 Å². The van der Waals surface area contributed by atoms with Crippen LogP contribution in [0.2, 0.25) is 5.02 Å². The molecule has 0 aliphatic heterocycles. The summed E-state index contributed by atoms with van der Waals surface area (Å²) >= 11 is 7.20. The predicted octanol–water partition coefficient (Wildman–Crippen LogP) is 3.45. The Kier molecular flexibility index (Phi) is 5.21. The molecule has 0 spiro atoms. The number of nitrogens with one attached hydrogen (secondary N) is 2. The van der Waals surface area contributed by atoms with Crippen molar-refractivity contribution in [3.05, 3.63) is 45.4 Å². The molecule has 0 unspecified atom stereocenters. The summed E-state index contributed by atoms with van der Waals surface area (Å²) in [6.07, 6.45) is 0. The topological polar surface area (TPSA) is 58.2 Å². The van der Waals surface area contributed by atoms with Crippen LogP contribution in [0, 0.1) is 5.82 Å². The van der Waals surface area contributed by atoms with Gasteiger partial charge in [-0.1, -0.05) is 18.5 Å². The number of rotatable bonds is 6. The molecule has 2 aromatic rings. The van der Waals surface area contributed by atoms with Gasteiger partial charge in [-0.3, -0.25) is 4.72 Å². The van der Waals surface area contributed by atoms with Gasteiger partial charge in [-0.2, -0.15) is 0 Å². The Bertz CT molecular complexity index is 732. The smallest absolute Gasteiger partial charge is 0.263 e. The third-order valence-corrected chi connectivity index (χ3v) is 5.52. The molecule has 8 heteroatoms. The third-order valence-electron chi connectivity index (χ3n) is 2.71. The zero-order valence-electron chi connectivity index (χ0n) is 11.2. The summed E-state index contributed by atoms with van der Waals surface area (Å²) in [6.45, 7) is 3.16. The van der Waals surface area contributed by atoms with E-state index in [0.717, 1.165) is 18.7 Å². The summed E-state index contributed by atoms with van der Waals surface area (Å²) in [5.41, 5.74) is 0.152. The average Bonchev–Trinajstić information content (AvgIpc) is 2.89. The molecule has 0 radical (unpaired) electrons. The average molecular weight is 349 g/mol. The van der Waals surface area contributed by atoms with Crippen LogP contribution >= 0.6 is 22.9 Å². The van der Waals surface area contributed by atoms with Crippen LogP contribution in [-0.2, 0) is 16.6 Å². The Morgan fingerprint density at radius 2 is 2.10 bits per heavy atom. The third kappa shape index (κ3) is 3.94. The summed E-state index contributed by atoms with van der Waals surface area (Å²) < 4.78 is 40.2. The second-order valence-electron chi connectivity index (χ2n) is 4.22. The molecule has 0 aliphatic carbocycles. The van der Waals surface area contributed by atoms with E-state index in [-0.39, 0.29) is 15.6 Å². The van der Waals surface area contributed by atoms with Gasteiger partial charge < -0.3 is 5.32 Å². The maximum absolute atomic E-state index is 13.0. The fraction of sp³-hybridized carbons (Fsp3) is 0.231. The molecule has 1 aromatic heterocycles. The Morgan fingerprint density at radius 1 is 1.33 bits per heavy atom. The molecule has 0 saturated carbocycles. The molecule has 0 aliphatic rings. The fourth-order valence-corrected chi connectivity index (χ4v) is 4.47. The lowest BCUT2D eigenvalue weighted by atomic mass is 10.3. The van der Waals surface area contributed by atoms with Crippen molar-refractivity contribution in [3.8, 4) is 0 Å². The molecular weight excluding hydrogens is 335 g/mol. The van der Waals surface area contributed by atoms with Crippen molar-refractivity contribution in [1.82, 2.24) is 5.32 Å². The van der Waals surface area contributed by atoms with E-state index in [1.807, 2.05) is 6.92 Å². The zero-order valence-corrected chi connectivity index (χ0v) is 13.6. The lowest BCUT2D eigenvalue weighted by Gasteiger charge is -2.10. The van der Waals surface area contributed by atoms with Gasteiger partial charge in [-0.15, -0.1) is 11.3 Å². The fourth-order valence-electron chi connectivity index (χ4n) is 1.71. The SMILES string of the molecule is CCNCc1sccc1S(=O)(=O)Nc1ccc(F)cc1Cl. The monoisotopic (exact) mass is 348 g/mol. The van der Waals surface area contributed by atoms with Crippen LogP contribution < -0.4 is 10.0 Å². The molecule has 2 N–H and O–H groups in total. The van der Waals surface area contributed by atoms with E-state index in [1.54, 1.807) is 5.38 Å². The molecule has 0 saturated heterocycles. The zero-order chi connectivity index (χ0) is 15.5. The van der Waals surface area contributed by atoms with Crippen molar-refractivity contribution >= 4 is 38.6 Å². The van der Waals surface area contributed by atoms with Crippen LogP contribution in [0.25, 0.3) is 0 Å². The van der Waals surface area contributed by atoms with Crippen molar-refractivity contribution in [1.29, 1.82) is 0 Å². The molecule has 0 amide bonds. The minimum absolute atomic E-state index is 0.0158. The molecule has 21 heavy (non-hydrogen) atoms. The van der Waals surface area contributed by atoms with Crippen molar-refractivity contribution in [2.75, 3.05) is 11.3 Å². The van der Waals surface area contributed by atoms with Crippen LogP contribution in [0.15, 0.2) is 34.5 Å². The number of thiophene rings is 1. The minimum Gasteiger partial charge on any atom is -0.312 e. The lowest BCUT2D eigenvalue weighted by Crippen LogP contribution is -2.17. The number of benzene rings is 1. The largest absolute Gasteiger partial charge is 0.312 e. The molecule has 1 heterocycles. The van der Waals surface area contributed by atoms with Crippen molar-refractivity contribution in [2.24, 2.45) is 0 Å². The van der Waals surface area contributed by atoms with E-state index in [1.165, 1.54) is 23.5 Å². The molecule has 114 valence electrons. The highest BCUT2D eigenvalue weighted by atomic mass is 35.5. The van der Waals surface area contributed by atoms with Crippen LogP contribution in [0.5, 0.6) is 0 Å². The van der Waals surface area contributed by atoms with Crippen LogP contribution in [-0.4, -0.2) is 15.0 Å². The Labute approximate surface area is 132 Å². The predicted molar refractivity (Wildman–Crippen MR) is 83.9 cm³/mol. The summed E-state index contributed by atoms with van der Waals surface area (Å²) in [5, 5.41) is 4.82. The minimum atomic E-state index is -3.75. The molecule has 1 aromatic carbocycles. The highest BCUT2D eigenvalue weighted by Gasteiger charge is 2.20. The first-order valence-electron chi connectivity index (χ1n) is 6.19. The first kappa shape index (κ1) is 16.2. The highest BCUT2D eigenvalue weighted by Crippen LogP contribution is 2.28. The molecule has 0 atom stereocenters. The number of sulfonamides is 1. The Morgan fingerprint density at radius 3 is 2.76 bits per heavy atom. The van der Waals surface area contributed by atoms with Gasteiger partial charge >= 0.3 is 0 Å². The molecule has 0 fully saturated rings. The maximum Gasteiger partial charge on any atom is 0.263 e. The van der Waals surface area contributed by atoms with Gasteiger partial charge in [0.15, 0.2) is 0 Å². The summed E-state index contributed by atoms with van der Waals surface area (Å²) in [4.78, 5) is 0.913. The number of halogens is 2. The number of hydrogen-bond donors (Lipinski definition) is 2. The molecule has 2 rings (SSSR count). The second kappa shape index (κ2) is 6.74. The summed E-state index contributed by atoms with van der Waals surface area (Å²) in [7, 11) is -3.75. The van der Waals surface area contributed by atoms with Gasteiger partial charge in [-0.25, -0.2) is 12.8 Å². The molecule has 4 nitrogen and oxygen atoms in total. The van der Waals surface area contributed by atoms with Gasteiger partial charge in [0.1, 0.15) is 10.7 Å². The van der Waals surface area contributed by atoms with E-state index in [2.05, 4.69) is 10.0 Å². The van der Waals surface area contributed by atoms with Gasteiger partial charge in [-0.05, 0) is 36.2 Å². The quantitative estimate of drug-likeness (QED) is 0.840. The first-order chi connectivity index (χ1) is 9.94. The maximum atomic E-state index is 13.0. The second-order valence-corrected chi connectivity index (χ2v) is 7.28. The van der Waals surface area contributed by atoms with Crippen molar-refractivity contribution < 1.29 is 12.8 Å². The number of hydrogen-bond acceptors (Lipinski definition) is 4. The molecule has 0 bridgehead atoms. The Balaban J connectivity index is 2.28. The van der Waals surface area contributed by atoms with E-state index in [9.17, 15) is 12.8 Å². The van der Waals surface area contributed by atoms with Crippen LogP contribution in [0.3, 0.4) is 0 Å². The van der Waals surface area contributed by atoms with E-state index in [4.69, 9.17) is 11.6 Å². The van der Waals surface area contributed by atoms with Gasteiger partial charge in [0.25, 0.3) is 10.0 Å². The van der Waals surface area contributed by atoms with E-state index in [0.29, 0.717) is 11.4 Å². The highest BCUT2D eigenvalue weighted by molar-refractivity contribution is 7.93. The molecular formula is C13H14ClFN2O2S2. The van der Waals surface area contributed by atoms with Gasteiger partial charge in [0, 0.05) is 11.4 Å². The van der Waals surface area contributed by atoms with E-state index >= 15 is 0 Å². The normalized spacial score (nSPS) is 11.6. The van der Waals surface area contributed by atoms with Crippen molar-refractivity contribution in [2.45, 2.75) is 18.4 Å². The first-order valence-corrected chi connectivity index (χ1v) is 8.93. The van der Waals surface area contributed by atoms with Crippen LogP contribution in [0.4, 0.5) is 10.1 Å². The van der Waals surface area contributed by atoms with Gasteiger partial charge in [0.05, 0.1) is 10.7 Å². The van der Waals surface area contributed by atoms with Crippen LogP contribution in [0.1, 0.15) is 11.8 Å². The standard InChI is InChI=1S/C13H14ClFN2O2S2/c1-2-16-8-12-13(5-6-20-12)21(18,19)17-11-4-3-9(15)7-10(11)14/h3-7,16-17H,2,8H2,1H3.